The van der Waals surface area contributed by atoms with Crippen molar-refractivity contribution in [3.05, 3.63) is 59.0 Å². The summed E-state index contributed by atoms with van der Waals surface area (Å²) in [6.07, 6.45) is 1.10. The number of benzene rings is 1. The van der Waals surface area contributed by atoms with E-state index in [4.69, 9.17) is 4.42 Å². The lowest BCUT2D eigenvalue weighted by Gasteiger charge is -2.08. The zero-order valence-electron chi connectivity index (χ0n) is 11.1. The van der Waals surface area contributed by atoms with E-state index in [1.165, 1.54) is 5.56 Å². The highest BCUT2D eigenvalue weighted by Crippen LogP contribution is 2.20. The topological polar surface area (TPSA) is 30.2 Å². The Bertz CT molecular complexity index is 534. The maximum Gasteiger partial charge on any atom is 0.228 e. The summed E-state index contributed by atoms with van der Waals surface area (Å²) >= 11 is 0. The molecular weight excluding hydrogens is 224 g/mol. The molecule has 2 heteroatoms. The van der Waals surface area contributed by atoms with Gasteiger partial charge in [0, 0.05) is 5.56 Å². The molecule has 2 nitrogen and oxygen atoms in total. The predicted molar refractivity (Wildman–Crippen MR) is 72.0 cm³/mol. The van der Waals surface area contributed by atoms with Gasteiger partial charge in [-0.1, -0.05) is 38.1 Å². The number of carbonyl (C=O) groups is 1. The molecule has 1 aromatic carbocycles. The van der Waals surface area contributed by atoms with Crippen LogP contribution in [-0.2, 0) is 0 Å². The summed E-state index contributed by atoms with van der Waals surface area (Å²) in [5.74, 6) is 1.64. The Morgan fingerprint density at radius 1 is 1.17 bits per heavy atom. The highest BCUT2D eigenvalue weighted by molar-refractivity contribution is 6.07. The number of aryl methyl sites for hydroxylation is 1. The number of hydrogen-bond acceptors (Lipinski definition) is 2. The average Bonchev–Trinajstić information content (AvgIpc) is 2.84. The van der Waals surface area contributed by atoms with Gasteiger partial charge >= 0.3 is 0 Å². The molecule has 0 aliphatic rings. The number of rotatable bonds is 4. The summed E-state index contributed by atoms with van der Waals surface area (Å²) in [7, 11) is 0. The van der Waals surface area contributed by atoms with Gasteiger partial charge in [0.2, 0.25) is 5.78 Å². The molecule has 0 aliphatic carbocycles. The minimum absolute atomic E-state index is 0.0567. The number of hydrogen-bond donors (Lipinski definition) is 0. The zero-order valence-corrected chi connectivity index (χ0v) is 11.1. The van der Waals surface area contributed by atoms with Crippen LogP contribution in [0.3, 0.4) is 0 Å². The van der Waals surface area contributed by atoms with Crippen LogP contribution in [-0.4, -0.2) is 5.78 Å². The first-order valence-corrected chi connectivity index (χ1v) is 6.33. The summed E-state index contributed by atoms with van der Waals surface area (Å²) < 4.78 is 5.35. The monoisotopic (exact) mass is 242 g/mol. The first-order chi connectivity index (χ1) is 8.61. The molecule has 94 valence electrons. The minimum Gasteiger partial charge on any atom is -0.458 e. The van der Waals surface area contributed by atoms with E-state index in [9.17, 15) is 4.79 Å². The van der Waals surface area contributed by atoms with E-state index in [1.807, 2.05) is 31.2 Å². The minimum atomic E-state index is -0.0567. The van der Waals surface area contributed by atoms with Gasteiger partial charge in [0.15, 0.2) is 5.76 Å². The molecule has 0 bridgehead atoms. The van der Waals surface area contributed by atoms with Gasteiger partial charge in [0.05, 0.1) is 0 Å². The molecule has 0 saturated carbocycles. The molecule has 18 heavy (non-hydrogen) atoms. The zero-order chi connectivity index (χ0) is 13.1. The normalized spacial score (nSPS) is 12.4. The average molecular weight is 242 g/mol. The summed E-state index contributed by atoms with van der Waals surface area (Å²) in [5.41, 5.74) is 1.95. The molecule has 1 unspecified atom stereocenters. The fourth-order valence-electron chi connectivity index (χ4n) is 1.90. The lowest BCUT2D eigenvalue weighted by atomic mass is 9.96. The third-order valence-electron chi connectivity index (χ3n) is 3.32. The largest absolute Gasteiger partial charge is 0.458 e. The molecule has 0 aliphatic heterocycles. The van der Waals surface area contributed by atoms with E-state index < -0.39 is 0 Å². The smallest absolute Gasteiger partial charge is 0.228 e. The molecule has 0 spiro atoms. The molecule has 1 aromatic heterocycles. The maximum absolute atomic E-state index is 12.1. The Balaban J connectivity index is 2.22. The van der Waals surface area contributed by atoms with Crippen LogP contribution in [0.25, 0.3) is 0 Å². The Kier molecular flexibility index (Phi) is 3.66. The Hall–Kier alpha value is -1.83. The van der Waals surface area contributed by atoms with E-state index in [0.29, 0.717) is 17.2 Å². The van der Waals surface area contributed by atoms with Crippen LogP contribution >= 0.6 is 0 Å². The molecule has 0 fully saturated rings. The second-order valence-corrected chi connectivity index (χ2v) is 4.67. The van der Waals surface area contributed by atoms with Gasteiger partial charge in [0.1, 0.15) is 5.76 Å². The lowest BCUT2D eigenvalue weighted by molar-refractivity contribution is 0.101. The van der Waals surface area contributed by atoms with E-state index >= 15 is 0 Å². The molecule has 0 amide bonds. The van der Waals surface area contributed by atoms with Crippen molar-refractivity contribution < 1.29 is 9.21 Å². The van der Waals surface area contributed by atoms with Crippen LogP contribution in [0.2, 0.25) is 0 Å². The second kappa shape index (κ2) is 5.21. The van der Waals surface area contributed by atoms with Crippen molar-refractivity contribution >= 4 is 5.78 Å². The lowest BCUT2D eigenvalue weighted by Crippen LogP contribution is -2.00. The summed E-state index contributed by atoms with van der Waals surface area (Å²) in [6, 6.07) is 11.3. The molecule has 0 saturated heterocycles. The van der Waals surface area contributed by atoms with Crippen molar-refractivity contribution in [2.45, 2.75) is 33.1 Å². The fourth-order valence-corrected chi connectivity index (χ4v) is 1.90. The molecular formula is C16H18O2. The van der Waals surface area contributed by atoms with Crippen molar-refractivity contribution in [3.63, 3.8) is 0 Å². The van der Waals surface area contributed by atoms with E-state index in [-0.39, 0.29) is 5.78 Å². The van der Waals surface area contributed by atoms with Crippen molar-refractivity contribution in [1.29, 1.82) is 0 Å². The van der Waals surface area contributed by atoms with Gasteiger partial charge in [-0.15, -0.1) is 0 Å². The van der Waals surface area contributed by atoms with Crippen LogP contribution in [0.4, 0.5) is 0 Å². The Morgan fingerprint density at radius 2 is 1.83 bits per heavy atom. The van der Waals surface area contributed by atoms with Crippen molar-refractivity contribution in [3.8, 4) is 0 Å². The Morgan fingerprint density at radius 3 is 2.33 bits per heavy atom. The highest BCUT2D eigenvalue weighted by Gasteiger charge is 2.13. The third-order valence-corrected chi connectivity index (χ3v) is 3.32. The Labute approximate surface area is 108 Å². The fraction of sp³-hybridized carbons (Fsp3) is 0.312. The van der Waals surface area contributed by atoms with Gasteiger partial charge < -0.3 is 4.42 Å². The molecule has 1 heterocycles. The molecule has 0 radical (unpaired) electrons. The van der Waals surface area contributed by atoms with Crippen LogP contribution < -0.4 is 0 Å². The SMILES string of the molecule is CCC(C)c1ccc(C(=O)c2ccc(C)o2)cc1. The van der Waals surface area contributed by atoms with Crippen molar-refractivity contribution in [1.82, 2.24) is 0 Å². The summed E-state index contributed by atoms with van der Waals surface area (Å²) in [4.78, 5) is 12.1. The van der Waals surface area contributed by atoms with Crippen molar-refractivity contribution in [2.24, 2.45) is 0 Å². The first-order valence-electron chi connectivity index (χ1n) is 6.33. The maximum atomic E-state index is 12.1. The summed E-state index contributed by atoms with van der Waals surface area (Å²) in [6.45, 7) is 6.19. The number of carbonyl (C=O) groups excluding carboxylic acids is 1. The molecule has 0 N–H and O–H groups in total. The van der Waals surface area contributed by atoms with E-state index in [0.717, 1.165) is 12.2 Å². The van der Waals surface area contributed by atoms with Gasteiger partial charge in [0.25, 0.3) is 0 Å². The highest BCUT2D eigenvalue weighted by atomic mass is 16.3. The van der Waals surface area contributed by atoms with Crippen LogP contribution in [0.1, 0.15) is 53.6 Å². The predicted octanol–water partition coefficient (Wildman–Crippen LogP) is 4.33. The van der Waals surface area contributed by atoms with Crippen molar-refractivity contribution in [2.75, 3.05) is 0 Å². The van der Waals surface area contributed by atoms with E-state index in [1.54, 1.807) is 12.1 Å². The molecule has 2 aromatic rings. The molecule has 2 rings (SSSR count). The summed E-state index contributed by atoms with van der Waals surface area (Å²) in [5, 5.41) is 0. The standard InChI is InChI=1S/C16H18O2/c1-4-11(2)13-6-8-14(9-7-13)16(17)15-10-5-12(3)18-15/h5-11H,4H2,1-3H3. The quantitative estimate of drug-likeness (QED) is 0.747. The van der Waals surface area contributed by atoms with E-state index in [2.05, 4.69) is 13.8 Å². The van der Waals surface area contributed by atoms with Crippen LogP contribution in [0.15, 0.2) is 40.8 Å². The third kappa shape index (κ3) is 2.53. The number of furan rings is 1. The molecule has 1 atom stereocenters. The van der Waals surface area contributed by atoms with Gasteiger partial charge in [-0.3, -0.25) is 4.79 Å². The van der Waals surface area contributed by atoms with Gasteiger partial charge in [-0.05, 0) is 37.0 Å². The van der Waals surface area contributed by atoms with Gasteiger partial charge in [-0.2, -0.15) is 0 Å². The number of ketones is 1. The first kappa shape index (κ1) is 12.6. The second-order valence-electron chi connectivity index (χ2n) is 4.67. The van der Waals surface area contributed by atoms with Crippen LogP contribution in [0.5, 0.6) is 0 Å². The van der Waals surface area contributed by atoms with Gasteiger partial charge in [-0.25, -0.2) is 0 Å². The van der Waals surface area contributed by atoms with Crippen LogP contribution in [0, 0.1) is 6.92 Å².